The van der Waals surface area contributed by atoms with Crippen LogP contribution in [0.1, 0.15) is 31.7 Å². The zero-order valence-corrected chi connectivity index (χ0v) is 13.0. The Kier molecular flexibility index (Phi) is 5.39. The Morgan fingerprint density at radius 3 is 2.29 bits per heavy atom. The first-order valence-corrected chi connectivity index (χ1v) is 8.62. The molecule has 0 saturated heterocycles. The fraction of sp³-hybridized carbons (Fsp3) is 0.294. The van der Waals surface area contributed by atoms with Crippen molar-refractivity contribution in [3.8, 4) is 5.75 Å². The SMILES string of the molecule is CCCCCc1ccccc1OS(=O)(=O)c1ccccc1. The summed E-state index contributed by atoms with van der Waals surface area (Å²) in [6.45, 7) is 2.14. The van der Waals surface area contributed by atoms with Crippen molar-refractivity contribution in [3.63, 3.8) is 0 Å². The standard InChI is InChI=1S/C17H20O3S/c1-2-3-5-10-15-11-8-9-14-17(15)20-21(18,19)16-12-6-4-7-13-16/h4,6-9,11-14H,2-3,5,10H2,1H3. The predicted octanol–water partition coefficient (Wildman–Crippen LogP) is 4.19. The fourth-order valence-corrected chi connectivity index (χ4v) is 3.10. The molecular weight excluding hydrogens is 284 g/mol. The van der Waals surface area contributed by atoms with Gasteiger partial charge >= 0.3 is 10.1 Å². The van der Waals surface area contributed by atoms with Crippen molar-refractivity contribution < 1.29 is 12.6 Å². The summed E-state index contributed by atoms with van der Waals surface area (Å²) in [5.74, 6) is 0.428. The zero-order valence-electron chi connectivity index (χ0n) is 12.2. The third kappa shape index (κ3) is 4.33. The van der Waals surface area contributed by atoms with Gasteiger partial charge in [-0.25, -0.2) is 0 Å². The van der Waals surface area contributed by atoms with Gasteiger partial charge in [-0.05, 0) is 36.6 Å². The van der Waals surface area contributed by atoms with Crippen LogP contribution in [0, 0.1) is 0 Å². The van der Waals surface area contributed by atoms with E-state index in [0.717, 1.165) is 31.2 Å². The zero-order chi connectivity index (χ0) is 15.1. The molecule has 0 bridgehead atoms. The van der Waals surface area contributed by atoms with Crippen LogP contribution in [0.15, 0.2) is 59.5 Å². The van der Waals surface area contributed by atoms with Crippen LogP contribution in [0.3, 0.4) is 0 Å². The Hall–Kier alpha value is -1.81. The maximum atomic E-state index is 12.3. The van der Waals surface area contributed by atoms with Crippen LogP contribution < -0.4 is 4.18 Å². The average molecular weight is 304 g/mol. The van der Waals surface area contributed by atoms with Gasteiger partial charge < -0.3 is 4.18 Å². The number of hydrogen-bond donors (Lipinski definition) is 0. The maximum Gasteiger partial charge on any atom is 0.339 e. The van der Waals surface area contributed by atoms with Crippen molar-refractivity contribution in [2.24, 2.45) is 0 Å². The quantitative estimate of drug-likeness (QED) is 0.569. The van der Waals surface area contributed by atoms with E-state index in [2.05, 4.69) is 6.92 Å². The van der Waals surface area contributed by atoms with Gasteiger partial charge in [-0.3, -0.25) is 0 Å². The number of para-hydroxylation sites is 1. The van der Waals surface area contributed by atoms with Gasteiger partial charge in [0.1, 0.15) is 10.6 Å². The Morgan fingerprint density at radius 1 is 0.905 bits per heavy atom. The lowest BCUT2D eigenvalue weighted by molar-refractivity contribution is 0.482. The van der Waals surface area contributed by atoms with Gasteiger partial charge in [-0.1, -0.05) is 56.2 Å². The van der Waals surface area contributed by atoms with Gasteiger partial charge in [-0.15, -0.1) is 0 Å². The van der Waals surface area contributed by atoms with Crippen LogP contribution in [-0.4, -0.2) is 8.42 Å². The highest BCUT2D eigenvalue weighted by Gasteiger charge is 2.17. The second-order valence-electron chi connectivity index (χ2n) is 4.92. The maximum absolute atomic E-state index is 12.3. The van der Waals surface area contributed by atoms with Crippen molar-refractivity contribution in [3.05, 3.63) is 60.2 Å². The van der Waals surface area contributed by atoms with Crippen LogP contribution in [0.4, 0.5) is 0 Å². The Labute approximate surface area is 126 Å². The molecule has 21 heavy (non-hydrogen) atoms. The van der Waals surface area contributed by atoms with Crippen LogP contribution >= 0.6 is 0 Å². The van der Waals surface area contributed by atoms with E-state index in [-0.39, 0.29) is 4.90 Å². The van der Waals surface area contributed by atoms with Crippen LogP contribution in [-0.2, 0) is 16.5 Å². The third-order valence-corrected chi connectivity index (χ3v) is 4.50. The number of rotatable bonds is 7. The number of hydrogen-bond acceptors (Lipinski definition) is 3. The Bertz CT molecular complexity index is 663. The molecule has 4 heteroatoms. The number of benzene rings is 2. The molecule has 0 aliphatic rings. The molecule has 0 atom stereocenters. The summed E-state index contributed by atoms with van der Waals surface area (Å²) < 4.78 is 29.8. The lowest BCUT2D eigenvalue weighted by atomic mass is 10.1. The molecule has 0 amide bonds. The van der Waals surface area contributed by atoms with Gasteiger partial charge in [0.25, 0.3) is 0 Å². The van der Waals surface area contributed by atoms with Crippen molar-refractivity contribution in [2.45, 2.75) is 37.5 Å². The van der Waals surface area contributed by atoms with E-state index in [1.165, 1.54) is 12.1 Å². The first-order chi connectivity index (χ1) is 10.1. The molecule has 0 saturated carbocycles. The monoisotopic (exact) mass is 304 g/mol. The van der Waals surface area contributed by atoms with Gasteiger partial charge in [0.05, 0.1) is 0 Å². The smallest absolute Gasteiger partial charge is 0.339 e. The van der Waals surface area contributed by atoms with Crippen molar-refractivity contribution >= 4 is 10.1 Å². The molecule has 2 aromatic carbocycles. The molecule has 112 valence electrons. The minimum Gasteiger partial charge on any atom is -0.379 e. The van der Waals surface area contributed by atoms with E-state index < -0.39 is 10.1 Å². The molecule has 0 radical (unpaired) electrons. The molecule has 0 aliphatic carbocycles. The molecule has 0 N–H and O–H groups in total. The number of unbranched alkanes of at least 4 members (excludes halogenated alkanes) is 2. The molecule has 0 fully saturated rings. The topological polar surface area (TPSA) is 43.4 Å². The predicted molar refractivity (Wildman–Crippen MR) is 83.9 cm³/mol. The molecule has 0 aromatic heterocycles. The molecule has 0 unspecified atom stereocenters. The summed E-state index contributed by atoms with van der Waals surface area (Å²) in [5, 5.41) is 0. The van der Waals surface area contributed by atoms with Crippen LogP contribution in [0.25, 0.3) is 0 Å². The number of aryl methyl sites for hydroxylation is 1. The lowest BCUT2D eigenvalue weighted by Crippen LogP contribution is -2.10. The van der Waals surface area contributed by atoms with E-state index in [4.69, 9.17) is 4.18 Å². The van der Waals surface area contributed by atoms with Gasteiger partial charge in [0.2, 0.25) is 0 Å². The summed E-state index contributed by atoms with van der Waals surface area (Å²) >= 11 is 0. The average Bonchev–Trinajstić information content (AvgIpc) is 2.50. The molecular formula is C17H20O3S. The summed E-state index contributed by atoms with van der Waals surface area (Å²) in [6, 6.07) is 15.5. The van der Waals surface area contributed by atoms with Crippen LogP contribution in [0.5, 0.6) is 5.75 Å². The van der Waals surface area contributed by atoms with E-state index in [1.807, 2.05) is 12.1 Å². The largest absolute Gasteiger partial charge is 0.379 e. The summed E-state index contributed by atoms with van der Waals surface area (Å²) in [6.07, 6.45) is 4.11. The highest BCUT2D eigenvalue weighted by molar-refractivity contribution is 7.87. The van der Waals surface area contributed by atoms with Gasteiger partial charge in [0.15, 0.2) is 0 Å². The van der Waals surface area contributed by atoms with E-state index in [1.54, 1.807) is 30.3 Å². The summed E-state index contributed by atoms with van der Waals surface area (Å²) in [4.78, 5) is 0.174. The Morgan fingerprint density at radius 2 is 1.57 bits per heavy atom. The fourth-order valence-electron chi connectivity index (χ4n) is 2.11. The lowest BCUT2D eigenvalue weighted by Gasteiger charge is -2.11. The first kappa shape index (κ1) is 15.6. The molecule has 3 nitrogen and oxygen atoms in total. The molecule has 0 heterocycles. The van der Waals surface area contributed by atoms with Gasteiger partial charge in [0, 0.05) is 0 Å². The van der Waals surface area contributed by atoms with Crippen molar-refractivity contribution in [1.29, 1.82) is 0 Å². The minimum atomic E-state index is -3.77. The minimum absolute atomic E-state index is 0.174. The molecule has 2 aromatic rings. The van der Waals surface area contributed by atoms with Crippen molar-refractivity contribution in [2.75, 3.05) is 0 Å². The normalized spacial score (nSPS) is 11.3. The summed E-state index contributed by atoms with van der Waals surface area (Å²) in [5.41, 5.74) is 0.936. The van der Waals surface area contributed by atoms with E-state index >= 15 is 0 Å². The highest BCUT2D eigenvalue weighted by atomic mass is 32.2. The molecule has 0 spiro atoms. The van der Waals surface area contributed by atoms with E-state index in [0.29, 0.717) is 5.75 Å². The third-order valence-electron chi connectivity index (χ3n) is 3.25. The highest BCUT2D eigenvalue weighted by Crippen LogP contribution is 2.24. The second kappa shape index (κ2) is 7.27. The second-order valence-corrected chi connectivity index (χ2v) is 6.46. The van der Waals surface area contributed by atoms with Crippen molar-refractivity contribution in [1.82, 2.24) is 0 Å². The molecule has 2 rings (SSSR count). The Balaban J connectivity index is 2.19. The first-order valence-electron chi connectivity index (χ1n) is 7.21. The van der Waals surface area contributed by atoms with Crippen LogP contribution in [0.2, 0.25) is 0 Å². The molecule has 0 aliphatic heterocycles. The van der Waals surface area contributed by atoms with E-state index in [9.17, 15) is 8.42 Å². The summed E-state index contributed by atoms with van der Waals surface area (Å²) in [7, 11) is -3.77. The van der Waals surface area contributed by atoms with Gasteiger partial charge in [-0.2, -0.15) is 8.42 Å².